The van der Waals surface area contributed by atoms with Gasteiger partial charge in [0.05, 0.1) is 5.75 Å². The minimum Gasteiger partial charge on any atom is -0.351 e. The molecular weight excluding hydrogens is 274 g/mol. The zero-order valence-electron chi connectivity index (χ0n) is 11.2. The van der Waals surface area contributed by atoms with E-state index in [0.29, 0.717) is 23.9 Å². The van der Waals surface area contributed by atoms with Gasteiger partial charge in [0.25, 0.3) is 0 Å². The van der Waals surface area contributed by atoms with Gasteiger partial charge in [0, 0.05) is 13.0 Å². The smallest absolute Gasteiger partial charge is 0.230 e. The van der Waals surface area contributed by atoms with Crippen molar-refractivity contribution >= 4 is 17.7 Å². The third-order valence-corrected chi connectivity index (χ3v) is 3.66. The lowest BCUT2D eigenvalue weighted by atomic mass is 10.2. The molecule has 1 aromatic heterocycles. The summed E-state index contributed by atoms with van der Waals surface area (Å²) >= 11 is 1.28. The van der Waals surface area contributed by atoms with Crippen LogP contribution in [0.15, 0.2) is 35.5 Å². The molecule has 6 nitrogen and oxygen atoms in total. The fourth-order valence-electron chi connectivity index (χ4n) is 1.62. The van der Waals surface area contributed by atoms with E-state index in [4.69, 9.17) is 5.84 Å². The van der Waals surface area contributed by atoms with Gasteiger partial charge in [0.1, 0.15) is 0 Å². The maximum atomic E-state index is 11.7. The molecule has 1 heterocycles. The van der Waals surface area contributed by atoms with Crippen LogP contribution in [0.2, 0.25) is 0 Å². The third kappa shape index (κ3) is 3.74. The van der Waals surface area contributed by atoms with Crippen molar-refractivity contribution in [1.82, 2.24) is 20.2 Å². The Morgan fingerprint density at radius 1 is 1.35 bits per heavy atom. The second-order valence-electron chi connectivity index (χ2n) is 4.17. The number of aryl methyl sites for hydroxylation is 1. The molecular formula is C13H17N5OS. The van der Waals surface area contributed by atoms with Gasteiger partial charge in [-0.05, 0) is 5.56 Å². The molecule has 0 aliphatic rings. The maximum Gasteiger partial charge on any atom is 0.230 e. The van der Waals surface area contributed by atoms with Crippen molar-refractivity contribution in [3.05, 3.63) is 41.7 Å². The summed E-state index contributed by atoms with van der Waals surface area (Å²) in [5.41, 5.74) is 1.07. The largest absolute Gasteiger partial charge is 0.351 e. The van der Waals surface area contributed by atoms with Crippen LogP contribution in [0.5, 0.6) is 0 Å². The first kappa shape index (κ1) is 14.4. The van der Waals surface area contributed by atoms with Crippen molar-refractivity contribution in [3.8, 4) is 0 Å². The number of thioether (sulfide) groups is 1. The van der Waals surface area contributed by atoms with Gasteiger partial charge in [-0.3, -0.25) is 4.79 Å². The number of amides is 1. The highest BCUT2D eigenvalue weighted by atomic mass is 32.2. The van der Waals surface area contributed by atoms with Crippen LogP contribution in [0.25, 0.3) is 0 Å². The summed E-state index contributed by atoms with van der Waals surface area (Å²) in [6.07, 6.45) is 0.713. The SMILES string of the molecule is CCc1nnc(SCC(=O)NCc2ccccc2)n1N. The first-order valence-corrected chi connectivity index (χ1v) is 7.32. The van der Waals surface area contributed by atoms with Crippen molar-refractivity contribution < 1.29 is 4.79 Å². The van der Waals surface area contributed by atoms with Crippen molar-refractivity contribution in [2.24, 2.45) is 0 Å². The summed E-state index contributed by atoms with van der Waals surface area (Å²) in [5.74, 6) is 6.72. The van der Waals surface area contributed by atoms with Gasteiger partial charge in [-0.1, -0.05) is 49.0 Å². The van der Waals surface area contributed by atoms with Gasteiger partial charge in [-0.15, -0.1) is 10.2 Å². The first-order chi connectivity index (χ1) is 9.70. The standard InChI is InChI=1S/C13H17N5OS/c1-2-11-16-17-13(18(11)14)20-9-12(19)15-8-10-6-4-3-5-7-10/h3-7H,2,8-9,14H2,1H3,(H,15,19). The number of benzene rings is 1. The van der Waals surface area contributed by atoms with Crippen molar-refractivity contribution in [1.29, 1.82) is 0 Å². The van der Waals surface area contributed by atoms with E-state index in [1.54, 1.807) is 0 Å². The second kappa shape index (κ2) is 6.95. The van der Waals surface area contributed by atoms with E-state index in [1.807, 2.05) is 37.3 Å². The van der Waals surface area contributed by atoms with Crippen LogP contribution in [-0.2, 0) is 17.8 Å². The summed E-state index contributed by atoms with van der Waals surface area (Å²) < 4.78 is 1.43. The van der Waals surface area contributed by atoms with Crippen molar-refractivity contribution in [2.45, 2.75) is 25.0 Å². The van der Waals surface area contributed by atoms with Gasteiger partial charge < -0.3 is 11.2 Å². The van der Waals surface area contributed by atoms with E-state index in [2.05, 4.69) is 15.5 Å². The third-order valence-electron chi connectivity index (χ3n) is 2.72. The zero-order chi connectivity index (χ0) is 14.4. The second-order valence-corrected chi connectivity index (χ2v) is 5.12. The molecule has 0 radical (unpaired) electrons. The van der Waals surface area contributed by atoms with Crippen molar-refractivity contribution in [3.63, 3.8) is 0 Å². The van der Waals surface area contributed by atoms with Gasteiger partial charge in [-0.2, -0.15) is 0 Å². The number of nitrogens with one attached hydrogen (secondary N) is 1. The number of carbonyl (C=O) groups is 1. The molecule has 0 aliphatic carbocycles. The van der Waals surface area contributed by atoms with Crippen LogP contribution in [0.4, 0.5) is 0 Å². The van der Waals surface area contributed by atoms with Crippen LogP contribution < -0.4 is 11.2 Å². The number of carbonyl (C=O) groups excluding carboxylic acids is 1. The fraction of sp³-hybridized carbons (Fsp3) is 0.308. The number of aromatic nitrogens is 3. The Morgan fingerprint density at radius 3 is 2.75 bits per heavy atom. The molecule has 0 fully saturated rings. The van der Waals surface area contributed by atoms with Crippen molar-refractivity contribution in [2.75, 3.05) is 11.6 Å². The molecule has 2 rings (SSSR count). The Bertz CT molecular complexity index is 569. The number of hydrogen-bond donors (Lipinski definition) is 2. The summed E-state index contributed by atoms with van der Waals surface area (Å²) in [6.45, 7) is 2.48. The molecule has 0 saturated carbocycles. The molecule has 3 N–H and O–H groups in total. The molecule has 20 heavy (non-hydrogen) atoms. The number of nitrogens with zero attached hydrogens (tertiary/aromatic N) is 3. The molecule has 106 valence electrons. The number of rotatable bonds is 6. The van der Waals surface area contributed by atoms with E-state index in [1.165, 1.54) is 16.4 Å². The first-order valence-electron chi connectivity index (χ1n) is 6.33. The Hall–Kier alpha value is -2.02. The highest BCUT2D eigenvalue weighted by molar-refractivity contribution is 7.99. The molecule has 7 heteroatoms. The van der Waals surface area contributed by atoms with Crippen LogP contribution in [0, 0.1) is 0 Å². The van der Waals surface area contributed by atoms with E-state index >= 15 is 0 Å². The number of hydrogen-bond acceptors (Lipinski definition) is 5. The summed E-state index contributed by atoms with van der Waals surface area (Å²) in [4.78, 5) is 11.7. The lowest BCUT2D eigenvalue weighted by molar-refractivity contribution is -0.118. The minimum absolute atomic E-state index is 0.0556. The summed E-state index contributed by atoms with van der Waals surface area (Å²) in [6, 6.07) is 9.77. The predicted molar refractivity (Wildman–Crippen MR) is 78.6 cm³/mol. The molecule has 2 aromatic rings. The molecule has 1 amide bonds. The lowest BCUT2D eigenvalue weighted by Crippen LogP contribution is -2.25. The Kier molecular flexibility index (Phi) is 5.00. The van der Waals surface area contributed by atoms with Gasteiger partial charge in [0.2, 0.25) is 11.1 Å². The zero-order valence-corrected chi connectivity index (χ0v) is 12.1. The minimum atomic E-state index is -0.0556. The molecule has 0 saturated heterocycles. The highest BCUT2D eigenvalue weighted by Gasteiger charge is 2.10. The van der Waals surface area contributed by atoms with E-state index < -0.39 is 0 Å². The fourth-order valence-corrected chi connectivity index (χ4v) is 2.33. The highest BCUT2D eigenvalue weighted by Crippen LogP contribution is 2.14. The van der Waals surface area contributed by atoms with Crippen LogP contribution in [0.1, 0.15) is 18.3 Å². The monoisotopic (exact) mass is 291 g/mol. The average Bonchev–Trinajstić information content (AvgIpc) is 2.84. The van der Waals surface area contributed by atoms with Gasteiger partial charge >= 0.3 is 0 Å². The van der Waals surface area contributed by atoms with Gasteiger partial charge in [-0.25, -0.2) is 4.68 Å². The molecule has 0 unspecified atom stereocenters. The quantitative estimate of drug-likeness (QED) is 0.611. The van der Waals surface area contributed by atoms with Crippen LogP contribution in [-0.4, -0.2) is 26.5 Å². The number of nitrogens with two attached hydrogens (primary N) is 1. The molecule has 0 spiro atoms. The number of nitrogen functional groups attached to an aromatic ring is 1. The Morgan fingerprint density at radius 2 is 2.10 bits per heavy atom. The van der Waals surface area contributed by atoms with E-state index in [9.17, 15) is 4.79 Å². The molecule has 0 atom stereocenters. The average molecular weight is 291 g/mol. The van der Waals surface area contributed by atoms with Crippen LogP contribution in [0.3, 0.4) is 0 Å². The topological polar surface area (TPSA) is 85.8 Å². The maximum absolute atomic E-state index is 11.7. The Labute approximate surface area is 121 Å². The normalized spacial score (nSPS) is 10.4. The summed E-state index contributed by atoms with van der Waals surface area (Å²) in [5, 5.41) is 11.3. The molecule has 1 aromatic carbocycles. The van der Waals surface area contributed by atoms with Gasteiger partial charge in [0.15, 0.2) is 5.82 Å². The van der Waals surface area contributed by atoms with E-state index in [0.717, 1.165) is 5.56 Å². The predicted octanol–water partition coefficient (Wildman–Crippen LogP) is 0.963. The summed E-state index contributed by atoms with van der Waals surface area (Å²) in [7, 11) is 0. The molecule has 0 bridgehead atoms. The molecule has 0 aliphatic heterocycles. The lowest BCUT2D eigenvalue weighted by Gasteiger charge is -2.05. The Balaban J connectivity index is 1.79. The van der Waals surface area contributed by atoms with Crippen LogP contribution >= 0.6 is 11.8 Å². The van der Waals surface area contributed by atoms with E-state index in [-0.39, 0.29) is 11.7 Å².